The number of rotatable bonds is 4. The van der Waals surface area contributed by atoms with Gasteiger partial charge in [0.2, 0.25) is 0 Å². The second-order valence-corrected chi connectivity index (χ2v) is 14.7. The Morgan fingerprint density at radius 1 is 0.735 bits per heavy atom. The number of carbonyl (C=O) groups is 3. The average Bonchev–Trinajstić information content (AvgIpc) is 3.94. The maximum Gasteiger partial charge on any atom is 0.410 e. The molecule has 1 N–H and O–H groups in total. The summed E-state index contributed by atoms with van der Waals surface area (Å²) in [6.45, 7) is 9.30. The van der Waals surface area contributed by atoms with Crippen molar-refractivity contribution in [3.05, 3.63) is 59.9 Å². The van der Waals surface area contributed by atoms with Crippen LogP contribution in [0.2, 0.25) is 0 Å². The molecular formula is C37H46N6O6. The number of hydrogen-bond acceptors (Lipinski definition) is 9. The van der Waals surface area contributed by atoms with Gasteiger partial charge < -0.3 is 43.4 Å². The summed E-state index contributed by atoms with van der Waals surface area (Å²) in [5.41, 5.74) is 5.15. The zero-order valence-electron chi connectivity index (χ0n) is 29.4. The highest BCUT2D eigenvalue weighted by Gasteiger charge is 2.46. The van der Waals surface area contributed by atoms with Crippen molar-refractivity contribution < 1.29 is 28.6 Å². The Morgan fingerprint density at radius 3 is 1.71 bits per heavy atom. The number of carbonyl (C=O) groups excluding carboxylic acids is 3. The van der Waals surface area contributed by atoms with E-state index in [0.717, 1.165) is 53.5 Å². The number of ether oxygens (including phenoxy) is 3. The zero-order valence-corrected chi connectivity index (χ0v) is 29.4. The summed E-state index contributed by atoms with van der Waals surface area (Å²) in [5, 5.41) is 5.36. The van der Waals surface area contributed by atoms with E-state index in [4.69, 9.17) is 14.2 Å². The predicted molar refractivity (Wildman–Crippen MR) is 189 cm³/mol. The van der Waals surface area contributed by atoms with Crippen LogP contribution in [0.5, 0.6) is 0 Å². The van der Waals surface area contributed by atoms with Crippen molar-refractivity contribution in [3.63, 3.8) is 0 Å². The second-order valence-electron chi connectivity index (χ2n) is 14.7. The number of aromatic nitrogens is 2. The van der Waals surface area contributed by atoms with E-state index in [-0.39, 0.29) is 30.1 Å². The molecule has 2 aromatic carbocycles. The molecule has 4 atom stereocenters. The molecule has 6 heterocycles. The molecule has 0 aliphatic carbocycles. The molecule has 1 amide bonds. The Hall–Kier alpha value is -4.71. The molecule has 8 rings (SSSR count). The normalized spacial score (nSPS) is 22.6. The Labute approximate surface area is 286 Å². The fraction of sp³-hybridized carbons (Fsp3) is 0.486. The first-order valence-electron chi connectivity index (χ1n) is 17.0. The SMILES string of the molecule is COC(=O)c1cn(C)c2cc(N3CC4CC3CN4)ccc12.COC(=O)c1cn(C)c2cc(N3CC4CC3CN4C(=O)OC(C)(C)C)ccc12. The molecular weight excluding hydrogens is 624 g/mol. The maximum atomic E-state index is 12.4. The number of benzene rings is 2. The van der Waals surface area contributed by atoms with Crippen molar-refractivity contribution in [2.75, 3.05) is 50.2 Å². The number of nitrogens with one attached hydrogen (secondary N) is 1. The highest BCUT2D eigenvalue weighted by molar-refractivity contribution is 6.06. The molecule has 49 heavy (non-hydrogen) atoms. The number of nitrogens with zero attached hydrogens (tertiary/aromatic N) is 5. The van der Waals surface area contributed by atoms with Crippen LogP contribution in [0.3, 0.4) is 0 Å². The van der Waals surface area contributed by atoms with Crippen LogP contribution in [0.25, 0.3) is 21.8 Å². The van der Waals surface area contributed by atoms with Gasteiger partial charge in [0.25, 0.3) is 0 Å². The second kappa shape index (κ2) is 12.3. The zero-order chi connectivity index (χ0) is 34.8. The number of amides is 1. The van der Waals surface area contributed by atoms with Gasteiger partial charge in [0.15, 0.2) is 0 Å². The highest BCUT2D eigenvalue weighted by Crippen LogP contribution is 2.37. The number of fused-ring (bicyclic) bond motifs is 6. The summed E-state index contributed by atoms with van der Waals surface area (Å²) in [7, 11) is 6.71. The Bertz CT molecular complexity index is 1940. The predicted octanol–water partition coefficient (Wildman–Crippen LogP) is 4.68. The minimum absolute atomic E-state index is 0.176. The van der Waals surface area contributed by atoms with Crippen LogP contribution in [0.4, 0.5) is 16.2 Å². The third-order valence-electron chi connectivity index (χ3n) is 10.3. The summed E-state index contributed by atoms with van der Waals surface area (Å²) >= 11 is 0. The average molecular weight is 671 g/mol. The fourth-order valence-electron chi connectivity index (χ4n) is 8.05. The van der Waals surface area contributed by atoms with Crippen molar-refractivity contribution in [1.29, 1.82) is 0 Å². The summed E-state index contributed by atoms with van der Waals surface area (Å²) < 4.78 is 19.2. The minimum Gasteiger partial charge on any atom is -0.465 e. The number of methoxy groups -OCH3 is 2. The van der Waals surface area contributed by atoms with Gasteiger partial charge in [-0.15, -0.1) is 0 Å². The van der Waals surface area contributed by atoms with E-state index in [2.05, 4.69) is 33.3 Å². The van der Waals surface area contributed by atoms with Crippen molar-refractivity contribution in [1.82, 2.24) is 19.4 Å². The quantitative estimate of drug-likeness (QED) is 0.245. The summed E-state index contributed by atoms with van der Waals surface area (Å²) in [6.07, 6.45) is 5.62. The Balaban J connectivity index is 0.000000160. The van der Waals surface area contributed by atoms with Gasteiger partial charge in [-0.25, -0.2) is 14.4 Å². The third kappa shape index (κ3) is 5.96. The largest absolute Gasteiger partial charge is 0.465 e. The van der Waals surface area contributed by atoms with Gasteiger partial charge in [-0.3, -0.25) is 0 Å². The van der Waals surface area contributed by atoms with E-state index in [9.17, 15) is 14.4 Å². The van der Waals surface area contributed by atoms with Gasteiger partial charge in [-0.2, -0.15) is 0 Å². The highest BCUT2D eigenvalue weighted by atomic mass is 16.6. The van der Waals surface area contributed by atoms with Crippen LogP contribution in [0.15, 0.2) is 48.8 Å². The van der Waals surface area contributed by atoms with E-state index in [1.54, 1.807) is 6.20 Å². The lowest BCUT2D eigenvalue weighted by atomic mass is 10.1. The van der Waals surface area contributed by atoms with Crippen LogP contribution >= 0.6 is 0 Å². The molecule has 12 heteroatoms. The van der Waals surface area contributed by atoms with Crippen molar-refractivity contribution in [3.8, 4) is 0 Å². The van der Waals surface area contributed by atoms with E-state index >= 15 is 0 Å². The molecule has 260 valence electrons. The monoisotopic (exact) mass is 670 g/mol. The first kappa shape index (κ1) is 32.8. The molecule has 0 radical (unpaired) electrons. The van der Waals surface area contributed by atoms with Gasteiger partial charge in [0.1, 0.15) is 5.60 Å². The molecule has 0 spiro atoms. The van der Waals surface area contributed by atoms with Crippen LogP contribution < -0.4 is 15.1 Å². The Kier molecular flexibility index (Phi) is 8.25. The lowest BCUT2D eigenvalue weighted by molar-refractivity contribution is 0.0214. The first-order chi connectivity index (χ1) is 23.3. The number of aryl methyl sites for hydroxylation is 2. The summed E-state index contributed by atoms with van der Waals surface area (Å²) in [4.78, 5) is 43.0. The molecule has 0 saturated carbocycles. The molecule has 4 aliphatic heterocycles. The van der Waals surface area contributed by atoms with Gasteiger partial charge in [-0.1, -0.05) is 0 Å². The molecule has 4 bridgehead atoms. The van der Waals surface area contributed by atoms with Gasteiger partial charge in [-0.05, 0) is 70.0 Å². The smallest absolute Gasteiger partial charge is 0.410 e. The van der Waals surface area contributed by atoms with Crippen molar-refractivity contribution >= 4 is 51.2 Å². The molecule has 4 aromatic rings. The van der Waals surface area contributed by atoms with Crippen LogP contribution in [-0.4, -0.2) is 102 Å². The number of anilines is 2. The van der Waals surface area contributed by atoms with Gasteiger partial charge >= 0.3 is 18.0 Å². The topological polar surface area (TPSA) is 111 Å². The lowest BCUT2D eigenvalue weighted by Crippen LogP contribution is -2.50. The summed E-state index contributed by atoms with van der Waals surface area (Å²) in [5.74, 6) is -0.607. The number of esters is 2. The third-order valence-corrected chi connectivity index (χ3v) is 10.3. The van der Waals surface area contributed by atoms with Gasteiger partial charge in [0, 0.05) is 92.9 Å². The standard InChI is InChI=1S/C21H27N3O4.C16H19N3O2/c1-21(2,3)28-20(26)24-11-14-8-15(24)10-23(14)13-6-7-16-17(19(25)27-5)12-22(4)18(16)9-13;1-18-9-14(16(20)21-2)13-4-3-11(6-15(13)18)19-8-10-5-12(19)7-17-10/h6-7,9,12,14-15H,8,10-11H2,1-5H3;3-4,6,9-10,12,17H,5,7-8H2,1-2H3. The minimum atomic E-state index is -0.479. The van der Waals surface area contributed by atoms with Crippen molar-refractivity contribution in [2.24, 2.45) is 14.1 Å². The lowest BCUT2D eigenvalue weighted by Gasteiger charge is -2.36. The van der Waals surface area contributed by atoms with E-state index < -0.39 is 5.60 Å². The molecule has 12 nitrogen and oxygen atoms in total. The molecule has 2 aromatic heterocycles. The molecule has 4 unspecified atom stereocenters. The van der Waals surface area contributed by atoms with E-state index in [1.807, 2.05) is 73.3 Å². The van der Waals surface area contributed by atoms with Crippen LogP contribution in [0.1, 0.15) is 54.3 Å². The van der Waals surface area contributed by atoms with Crippen LogP contribution in [0, 0.1) is 0 Å². The van der Waals surface area contributed by atoms with Crippen LogP contribution in [-0.2, 0) is 28.3 Å². The Morgan fingerprint density at radius 2 is 1.29 bits per heavy atom. The first-order valence-corrected chi connectivity index (χ1v) is 17.0. The summed E-state index contributed by atoms with van der Waals surface area (Å²) in [6, 6.07) is 14.2. The van der Waals surface area contributed by atoms with Crippen molar-refractivity contribution in [2.45, 2.75) is 63.4 Å². The fourth-order valence-corrected chi connectivity index (χ4v) is 8.05. The van der Waals surface area contributed by atoms with Gasteiger partial charge in [0.05, 0.1) is 42.4 Å². The molecule has 4 saturated heterocycles. The van der Waals surface area contributed by atoms with E-state index in [1.165, 1.54) is 26.3 Å². The maximum absolute atomic E-state index is 12.4. The molecule has 4 fully saturated rings. The number of piperazine rings is 2. The molecule has 4 aliphatic rings. The number of likely N-dealkylation sites (tertiary alicyclic amines) is 1. The number of hydrogen-bond donors (Lipinski definition) is 1. The van der Waals surface area contributed by atoms with E-state index in [0.29, 0.717) is 29.8 Å².